The summed E-state index contributed by atoms with van der Waals surface area (Å²) in [6.07, 6.45) is 0. The Labute approximate surface area is 150 Å². The van der Waals surface area contributed by atoms with E-state index in [1.165, 1.54) is 12.1 Å². The van der Waals surface area contributed by atoms with E-state index in [1.54, 1.807) is 30.3 Å². The second-order valence-electron chi connectivity index (χ2n) is 5.65. The first kappa shape index (κ1) is 16.7. The molecule has 132 valence electrons. The Morgan fingerprint density at radius 1 is 0.846 bits per heavy atom. The lowest BCUT2D eigenvalue weighted by atomic mass is 10.1. The summed E-state index contributed by atoms with van der Waals surface area (Å²) in [5.74, 6) is -0.0648. The van der Waals surface area contributed by atoms with Gasteiger partial charge in [0.2, 0.25) is 0 Å². The van der Waals surface area contributed by atoms with Gasteiger partial charge >= 0.3 is 0 Å². The zero-order valence-electron chi connectivity index (χ0n) is 13.2. The van der Waals surface area contributed by atoms with Crippen LogP contribution in [0.15, 0.2) is 80.9 Å². The van der Waals surface area contributed by atoms with Gasteiger partial charge in [0.05, 0.1) is 4.90 Å². The summed E-state index contributed by atoms with van der Waals surface area (Å²) in [7, 11) is -7.74. The van der Waals surface area contributed by atoms with Crippen LogP contribution >= 0.6 is 0 Å². The van der Waals surface area contributed by atoms with Crippen LogP contribution in [0.3, 0.4) is 0 Å². The molecule has 4 rings (SSSR count). The first-order valence-electron chi connectivity index (χ1n) is 7.58. The Balaban J connectivity index is 1.63. The molecule has 0 aromatic heterocycles. The molecule has 0 fully saturated rings. The van der Waals surface area contributed by atoms with Gasteiger partial charge < -0.3 is 0 Å². The lowest BCUT2D eigenvalue weighted by Crippen LogP contribution is -2.41. The lowest BCUT2D eigenvalue weighted by molar-refractivity contribution is 0.577. The average Bonchev–Trinajstić information content (AvgIpc) is 2.91. The third kappa shape index (κ3) is 2.85. The molecule has 0 amide bonds. The number of fused-ring (bicyclic) bond motifs is 2. The molecule has 1 heterocycles. The summed E-state index contributed by atoms with van der Waals surface area (Å²) in [6, 6.07) is 18.3. The summed E-state index contributed by atoms with van der Waals surface area (Å²) < 4.78 is 52.6. The average molecular weight is 387 g/mol. The molecule has 0 saturated carbocycles. The van der Waals surface area contributed by atoms with Crippen LogP contribution in [0.25, 0.3) is 10.8 Å². The van der Waals surface area contributed by atoms with E-state index in [0.717, 1.165) is 10.8 Å². The maximum atomic E-state index is 12.5. The quantitative estimate of drug-likeness (QED) is 0.667. The van der Waals surface area contributed by atoms with E-state index in [1.807, 2.05) is 24.3 Å². The second-order valence-corrected chi connectivity index (χ2v) is 8.91. The smallest absolute Gasteiger partial charge is 0.285 e. The third-order valence-electron chi connectivity index (χ3n) is 3.97. The van der Waals surface area contributed by atoms with Gasteiger partial charge in [0.1, 0.15) is 4.90 Å². The van der Waals surface area contributed by atoms with Gasteiger partial charge in [0.25, 0.3) is 20.0 Å². The number of nitrogens with zero attached hydrogens (tertiary/aromatic N) is 1. The number of rotatable bonds is 3. The van der Waals surface area contributed by atoms with E-state index >= 15 is 0 Å². The van der Waals surface area contributed by atoms with E-state index in [4.69, 9.17) is 0 Å². The Morgan fingerprint density at radius 2 is 1.54 bits per heavy atom. The number of nitrogens with one attached hydrogen (secondary N) is 2. The van der Waals surface area contributed by atoms with Gasteiger partial charge in [-0.2, -0.15) is 8.42 Å². The monoisotopic (exact) mass is 387 g/mol. The standard InChI is InChI=1S/C17H13N3O4S2/c21-25(22,14-10-9-12-5-1-2-6-13(12)11-14)20-18-17-15-7-3-4-8-16(15)26(23,24)19-17/h1-11,20H,(H,18,19). The van der Waals surface area contributed by atoms with Crippen LogP contribution in [0.4, 0.5) is 0 Å². The van der Waals surface area contributed by atoms with Crippen molar-refractivity contribution in [3.63, 3.8) is 0 Å². The van der Waals surface area contributed by atoms with E-state index in [2.05, 4.69) is 14.7 Å². The van der Waals surface area contributed by atoms with Crippen molar-refractivity contribution < 1.29 is 16.8 Å². The minimum atomic E-state index is -3.92. The Kier molecular flexibility index (Phi) is 3.79. The number of hydrogen-bond acceptors (Lipinski definition) is 5. The highest BCUT2D eigenvalue weighted by atomic mass is 32.2. The Morgan fingerprint density at radius 3 is 2.35 bits per heavy atom. The van der Waals surface area contributed by atoms with Crippen LogP contribution in [0.1, 0.15) is 5.56 Å². The van der Waals surface area contributed by atoms with Gasteiger partial charge in [-0.15, -0.1) is 9.23 Å². The van der Waals surface area contributed by atoms with Gasteiger partial charge in [-0.3, -0.25) is 5.43 Å². The molecule has 0 radical (unpaired) electrons. The molecule has 1 aliphatic heterocycles. The first-order valence-corrected chi connectivity index (χ1v) is 10.5. The molecule has 0 unspecified atom stereocenters. The molecule has 26 heavy (non-hydrogen) atoms. The Bertz CT molecular complexity index is 1270. The predicted molar refractivity (Wildman–Crippen MR) is 97.6 cm³/mol. The van der Waals surface area contributed by atoms with Gasteiger partial charge in [-0.25, -0.2) is 8.42 Å². The molecule has 0 bridgehead atoms. The zero-order chi connectivity index (χ0) is 18.4. The van der Waals surface area contributed by atoms with E-state index in [9.17, 15) is 16.8 Å². The molecule has 0 atom stereocenters. The van der Waals surface area contributed by atoms with Crippen LogP contribution in [-0.4, -0.2) is 22.7 Å². The summed E-state index contributed by atoms with van der Waals surface area (Å²) in [6.45, 7) is 0. The van der Waals surface area contributed by atoms with Crippen LogP contribution < -0.4 is 10.3 Å². The molecule has 1 aliphatic rings. The van der Waals surface area contributed by atoms with Gasteiger partial charge in [0, 0.05) is 5.56 Å². The molecular weight excluding hydrogens is 374 g/mol. The van der Waals surface area contributed by atoms with Crippen molar-refractivity contribution in [2.24, 2.45) is 4.40 Å². The maximum Gasteiger partial charge on any atom is 0.285 e. The van der Waals surface area contributed by atoms with Crippen molar-refractivity contribution in [1.29, 1.82) is 0 Å². The largest absolute Gasteiger partial charge is 0.291 e. The Hall–Kier alpha value is -2.75. The summed E-state index contributed by atoms with van der Waals surface area (Å²) in [5.41, 5.74) is 2.73. The number of amidine groups is 1. The minimum absolute atomic E-state index is 0.0346. The normalized spacial score (nSPS) is 15.5. The fraction of sp³-hybridized carbons (Fsp3) is 0. The lowest BCUT2D eigenvalue weighted by Gasteiger charge is -2.10. The van der Waals surface area contributed by atoms with Crippen LogP contribution in [0.2, 0.25) is 0 Å². The van der Waals surface area contributed by atoms with Crippen molar-refractivity contribution in [2.75, 3.05) is 0 Å². The molecule has 0 aliphatic carbocycles. The van der Waals surface area contributed by atoms with Crippen molar-refractivity contribution in [1.82, 2.24) is 10.3 Å². The van der Waals surface area contributed by atoms with Crippen LogP contribution in [0, 0.1) is 0 Å². The molecule has 9 heteroatoms. The van der Waals surface area contributed by atoms with Crippen molar-refractivity contribution in [3.8, 4) is 0 Å². The highest BCUT2D eigenvalue weighted by molar-refractivity contribution is 7.91. The molecule has 0 saturated heterocycles. The third-order valence-corrected chi connectivity index (χ3v) is 6.55. The van der Waals surface area contributed by atoms with Crippen molar-refractivity contribution in [3.05, 3.63) is 72.3 Å². The zero-order valence-corrected chi connectivity index (χ0v) is 14.9. The first-order chi connectivity index (χ1) is 12.4. The topological polar surface area (TPSA) is 105 Å². The maximum absolute atomic E-state index is 12.5. The summed E-state index contributed by atoms with van der Waals surface area (Å²) >= 11 is 0. The van der Waals surface area contributed by atoms with Crippen molar-refractivity contribution in [2.45, 2.75) is 9.79 Å². The molecule has 0 spiro atoms. The molecule has 3 aromatic rings. The number of sulfonamides is 2. The fourth-order valence-corrected chi connectivity index (χ4v) is 4.76. The second kappa shape index (κ2) is 5.90. The number of benzene rings is 3. The SMILES string of the molecule is O=S1(=O)N=C(NNS(=O)(=O)c2ccc3ccccc3c2)c2ccccc21. The summed E-state index contributed by atoms with van der Waals surface area (Å²) in [5, 5.41) is 1.70. The molecular formula is C17H13N3O4S2. The molecule has 2 N–H and O–H groups in total. The number of hydrogen-bond donors (Lipinski definition) is 2. The fourth-order valence-electron chi connectivity index (χ4n) is 2.70. The molecule has 7 nitrogen and oxygen atoms in total. The highest BCUT2D eigenvalue weighted by Gasteiger charge is 2.29. The minimum Gasteiger partial charge on any atom is -0.291 e. The highest BCUT2D eigenvalue weighted by Crippen LogP contribution is 2.25. The summed E-state index contributed by atoms with van der Waals surface area (Å²) in [4.78, 5) is 2.28. The van der Waals surface area contributed by atoms with E-state index < -0.39 is 20.0 Å². The number of hydrazine groups is 1. The van der Waals surface area contributed by atoms with Crippen LogP contribution in [0.5, 0.6) is 0 Å². The van der Waals surface area contributed by atoms with Gasteiger partial charge in [-0.1, -0.05) is 42.5 Å². The molecule has 3 aromatic carbocycles. The predicted octanol–water partition coefficient (Wildman–Crippen LogP) is 1.77. The van der Waals surface area contributed by atoms with E-state index in [0.29, 0.717) is 5.56 Å². The van der Waals surface area contributed by atoms with E-state index in [-0.39, 0.29) is 15.6 Å². The van der Waals surface area contributed by atoms with Crippen LogP contribution in [-0.2, 0) is 20.0 Å². The van der Waals surface area contributed by atoms with Crippen molar-refractivity contribution >= 4 is 36.7 Å². The van der Waals surface area contributed by atoms with Gasteiger partial charge in [0.15, 0.2) is 5.84 Å². The van der Waals surface area contributed by atoms with Gasteiger partial charge in [-0.05, 0) is 35.0 Å².